The summed E-state index contributed by atoms with van der Waals surface area (Å²) in [5.74, 6) is 1.81. The summed E-state index contributed by atoms with van der Waals surface area (Å²) in [5.41, 5.74) is 6.69. The summed E-state index contributed by atoms with van der Waals surface area (Å²) in [4.78, 5) is 17.2. The molecular formula is C35H47N3O3. The van der Waals surface area contributed by atoms with Crippen LogP contribution in [0.15, 0.2) is 36.4 Å². The molecule has 0 amide bonds. The Morgan fingerprint density at radius 2 is 1.80 bits per heavy atom. The van der Waals surface area contributed by atoms with Gasteiger partial charge in [-0.1, -0.05) is 46.1 Å². The number of carbonyl (C=O) groups is 1. The molecule has 1 atom stereocenters. The molecule has 2 aliphatic heterocycles. The molecular weight excluding hydrogens is 510 g/mol. The van der Waals surface area contributed by atoms with Crippen LogP contribution in [0.25, 0.3) is 22.2 Å². The number of carboxylic acid groups (broad SMARTS) is 1. The number of benzene rings is 2. The first-order valence-electron chi connectivity index (χ1n) is 16.0. The van der Waals surface area contributed by atoms with Gasteiger partial charge in [-0.2, -0.15) is 0 Å². The highest BCUT2D eigenvalue weighted by atomic mass is 16.5. The summed E-state index contributed by atoms with van der Waals surface area (Å²) >= 11 is 0. The fourth-order valence-corrected chi connectivity index (χ4v) is 7.49. The van der Waals surface area contributed by atoms with Crippen molar-refractivity contribution < 1.29 is 14.6 Å². The smallest absolute Gasteiger partial charge is 0.335 e. The molecule has 0 bridgehead atoms. The van der Waals surface area contributed by atoms with Crippen LogP contribution in [0.1, 0.15) is 87.6 Å². The monoisotopic (exact) mass is 557 g/mol. The van der Waals surface area contributed by atoms with E-state index < -0.39 is 5.97 Å². The topological polar surface area (TPSA) is 57.9 Å². The Bertz CT molecular complexity index is 1390. The number of hydrogen-bond acceptors (Lipinski definition) is 4. The van der Waals surface area contributed by atoms with Crippen LogP contribution in [0.3, 0.4) is 0 Å². The lowest BCUT2D eigenvalue weighted by Crippen LogP contribution is -2.41. The Balaban J connectivity index is 1.46. The highest BCUT2D eigenvalue weighted by molar-refractivity contribution is 5.99. The summed E-state index contributed by atoms with van der Waals surface area (Å²) in [6.45, 7) is 13.6. The van der Waals surface area contributed by atoms with Gasteiger partial charge in [0.1, 0.15) is 5.75 Å². The minimum absolute atomic E-state index is 0.367. The second kappa shape index (κ2) is 12.1. The summed E-state index contributed by atoms with van der Waals surface area (Å²) in [7, 11) is 0. The molecule has 2 fully saturated rings. The Hall–Kier alpha value is -2.99. The molecule has 1 saturated heterocycles. The van der Waals surface area contributed by atoms with E-state index in [4.69, 9.17) is 4.74 Å². The molecule has 220 valence electrons. The van der Waals surface area contributed by atoms with Crippen molar-refractivity contribution in [2.75, 3.05) is 44.2 Å². The highest BCUT2D eigenvalue weighted by Gasteiger charge is 2.31. The number of aromatic nitrogens is 1. The molecule has 1 unspecified atom stereocenters. The predicted octanol–water partition coefficient (Wildman–Crippen LogP) is 7.64. The largest absolute Gasteiger partial charge is 0.493 e. The van der Waals surface area contributed by atoms with E-state index in [0.717, 1.165) is 43.4 Å². The van der Waals surface area contributed by atoms with Gasteiger partial charge in [-0.25, -0.2) is 4.79 Å². The number of rotatable bonds is 8. The van der Waals surface area contributed by atoms with Crippen LogP contribution in [0.2, 0.25) is 0 Å². The number of piperidine rings is 1. The number of aromatic carboxylic acids is 1. The van der Waals surface area contributed by atoms with E-state index in [2.05, 4.69) is 59.4 Å². The number of fused-ring (bicyclic) bond motifs is 5. The average molecular weight is 558 g/mol. The highest BCUT2D eigenvalue weighted by Crippen LogP contribution is 2.48. The lowest BCUT2D eigenvalue weighted by atomic mass is 9.81. The van der Waals surface area contributed by atoms with Crippen molar-refractivity contribution in [2.24, 2.45) is 11.8 Å². The molecule has 2 aromatic carbocycles. The van der Waals surface area contributed by atoms with Crippen molar-refractivity contribution in [1.82, 2.24) is 9.47 Å². The molecule has 3 aliphatic rings. The molecule has 6 nitrogen and oxygen atoms in total. The summed E-state index contributed by atoms with van der Waals surface area (Å²) in [6, 6.07) is 12.5. The van der Waals surface area contributed by atoms with Gasteiger partial charge in [0.25, 0.3) is 0 Å². The Kier molecular flexibility index (Phi) is 8.30. The molecule has 0 spiro atoms. The lowest BCUT2D eigenvalue weighted by Gasteiger charge is -2.34. The van der Waals surface area contributed by atoms with Crippen molar-refractivity contribution in [3.8, 4) is 17.0 Å². The van der Waals surface area contributed by atoms with E-state index in [-0.39, 0.29) is 0 Å². The normalized spacial score (nSPS) is 20.2. The summed E-state index contributed by atoms with van der Waals surface area (Å²) in [6.07, 6.45) is 8.87. The van der Waals surface area contributed by atoms with Crippen LogP contribution in [-0.4, -0.2) is 59.9 Å². The molecule has 0 radical (unpaired) electrons. The lowest BCUT2D eigenvalue weighted by molar-refractivity contribution is 0.0697. The van der Waals surface area contributed by atoms with E-state index in [9.17, 15) is 9.90 Å². The maximum atomic E-state index is 12.0. The third-order valence-corrected chi connectivity index (χ3v) is 9.53. The molecule has 1 aliphatic carbocycles. The molecule has 1 aromatic heterocycles. The third-order valence-electron chi connectivity index (χ3n) is 9.53. The summed E-state index contributed by atoms with van der Waals surface area (Å²) in [5, 5.41) is 11.1. The van der Waals surface area contributed by atoms with E-state index in [1.807, 2.05) is 6.07 Å². The van der Waals surface area contributed by atoms with Gasteiger partial charge in [-0.05, 0) is 79.8 Å². The number of carboxylic acids is 1. The average Bonchev–Trinajstić information content (AvgIpc) is 3.20. The van der Waals surface area contributed by atoms with E-state index in [0.29, 0.717) is 24.0 Å². The van der Waals surface area contributed by atoms with E-state index in [1.54, 1.807) is 6.07 Å². The fraction of sp³-hybridized carbons (Fsp3) is 0.571. The van der Waals surface area contributed by atoms with Crippen LogP contribution in [0, 0.1) is 11.8 Å². The van der Waals surface area contributed by atoms with Crippen molar-refractivity contribution >= 4 is 22.6 Å². The zero-order chi connectivity index (χ0) is 28.5. The molecule has 3 heterocycles. The quantitative estimate of drug-likeness (QED) is 0.308. The van der Waals surface area contributed by atoms with Crippen LogP contribution in [-0.2, 0) is 6.54 Å². The first-order valence-corrected chi connectivity index (χ1v) is 16.0. The van der Waals surface area contributed by atoms with Gasteiger partial charge in [0, 0.05) is 60.9 Å². The van der Waals surface area contributed by atoms with Crippen molar-refractivity contribution in [3.63, 3.8) is 0 Å². The van der Waals surface area contributed by atoms with Crippen molar-refractivity contribution in [3.05, 3.63) is 47.5 Å². The number of likely N-dealkylation sites (tertiary alicyclic amines) is 1. The van der Waals surface area contributed by atoms with Gasteiger partial charge in [0.2, 0.25) is 0 Å². The standard InChI is InChI=1S/C35H47N3O3/c1-24(2)23-41-28-12-14-30-31(21-28)37(17-16-36-15-7-8-25(3)22-36)18-19-38-32-20-27(35(39)40)11-13-29(32)33(34(30)38)26-9-5-4-6-10-26/h11-14,20-21,24-26H,4-10,15-19,22-23H2,1-3H3,(H,39,40). The Morgan fingerprint density at radius 3 is 2.56 bits per heavy atom. The predicted molar refractivity (Wildman–Crippen MR) is 168 cm³/mol. The van der Waals surface area contributed by atoms with Crippen molar-refractivity contribution in [1.29, 1.82) is 0 Å². The second-order valence-electron chi connectivity index (χ2n) is 13.2. The van der Waals surface area contributed by atoms with Gasteiger partial charge >= 0.3 is 5.97 Å². The summed E-state index contributed by atoms with van der Waals surface area (Å²) < 4.78 is 8.70. The number of ether oxygens (including phenoxy) is 1. The van der Waals surface area contributed by atoms with Crippen molar-refractivity contribution in [2.45, 2.75) is 78.2 Å². The van der Waals surface area contributed by atoms with Crippen LogP contribution >= 0.6 is 0 Å². The van der Waals surface area contributed by atoms with Gasteiger partial charge in [0.15, 0.2) is 0 Å². The molecule has 6 heteroatoms. The number of anilines is 1. The van der Waals surface area contributed by atoms with Gasteiger partial charge in [0.05, 0.1) is 17.9 Å². The van der Waals surface area contributed by atoms with Crippen LogP contribution in [0.5, 0.6) is 5.75 Å². The SMILES string of the molecule is CC(C)COc1ccc2c(c1)N(CCN1CCCC(C)C1)CCn1c-2c(C2CCCCC2)c2ccc(C(=O)O)cc21. The molecule has 41 heavy (non-hydrogen) atoms. The first kappa shape index (κ1) is 28.1. The minimum atomic E-state index is -0.861. The van der Waals surface area contributed by atoms with E-state index in [1.165, 1.54) is 85.9 Å². The molecule has 1 saturated carbocycles. The van der Waals surface area contributed by atoms with Gasteiger partial charge in [-0.15, -0.1) is 0 Å². The molecule has 3 aromatic rings. The second-order valence-corrected chi connectivity index (χ2v) is 13.2. The fourth-order valence-electron chi connectivity index (χ4n) is 7.49. The maximum absolute atomic E-state index is 12.0. The molecule has 1 N–H and O–H groups in total. The Labute approximate surface area is 245 Å². The van der Waals surface area contributed by atoms with Crippen LogP contribution in [0.4, 0.5) is 5.69 Å². The minimum Gasteiger partial charge on any atom is -0.493 e. The Morgan fingerprint density at radius 1 is 0.976 bits per heavy atom. The van der Waals surface area contributed by atoms with Crippen LogP contribution < -0.4 is 9.64 Å². The third kappa shape index (κ3) is 5.86. The first-order chi connectivity index (χ1) is 19.9. The van der Waals surface area contributed by atoms with Gasteiger partial charge in [-0.3, -0.25) is 0 Å². The maximum Gasteiger partial charge on any atom is 0.335 e. The zero-order valence-corrected chi connectivity index (χ0v) is 25.2. The molecule has 6 rings (SSSR count). The number of nitrogens with zero attached hydrogens (tertiary/aromatic N) is 3. The number of hydrogen-bond donors (Lipinski definition) is 1. The zero-order valence-electron chi connectivity index (χ0n) is 25.2. The van der Waals surface area contributed by atoms with E-state index >= 15 is 0 Å². The van der Waals surface area contributed by atoms with Gasteiger partial charge < -0.3 is 24.2 Å².